The second kappa shape index (κ2) is 6.07. The second-order valence-electron chi connectivity index (χ2n) is 4.94. The number of halogens is 1. The zero-order chi connectivity index (χ0) is 15.6. The SMILES string of the molecule is Cc1cc(S(=O)(=O)Cl)c(C)cc1OCCc1cnn(C)c1. The van der Waals surface area contributed by atoms with Crippen LogP contribution in [0, 0.1) is 13.8 Å². The lowest BCUT2D eigenvalue weighted by atomic mass is 10.1. The molecule has 0 aliphatic carbocycles. The van der Waals surface area contributed by atoms with E-state index in [2.05, 4.69) is 5.10 Å². The maximum atomic E-state index is 11.4. The van der Waals surface area contributed by atoms with Gasteiger partial charge in [0.25, 0.3) is 9.05 Å². The van der Waals surface area contributed by atoms with Gasteiger partial charge in [-0.3, -0.25) is 4.68 Å². The number of hydrogen-bond acceptors (Lipinski definition) is 4. The maximum Gasteiger partial charge on any atom is 0.261 e. The van der Waals surface area contributed by atoms with Crippen LogP contribution < -0.4 is 4.74 Å². The molecule has 0 bridgehead atoms. The van der Waals surface area contributed by atoms with Crippen molar-refractivity contribution in [3.63, 3.8) is 0 Å². The Morgan fingerprint density at radius 3 is 2.57 bits per heavy atom. The first-order valence-electron chi connectivity index (χ1n) is 6.43. The van der Waals surface area contributed by atoms with Crippen molar-refractivity contribution >= 4 is 19.7 Å². The summed E-state index contributed by atoms with van der Waals surface area (Å²) in [6.45, 7) is 3.99. The van der Waals surface area contributed by atoms with Crippen LogP contribution in [0.1, 0.15) is 16.7 Å². The van der Waals surface area contributed by atoms with Crippen LogP contribution in [0.4, 0.5) is 0 Å². The van der Waals surface area contributed by atoms with Crippen LogP contribution in [0.2, 0.25) is 0 Å². The van der Waals surface area contributed by atoms with Crippen molar-refractivity contribution in [1.82, 2.24) is 9.78 Å². The molecule has 2 rings (SSSR count). The van der Waals surface area contributed by atoms with Crippen LogP contribution in [0.5, 0.6) is 5.75 Å². The molecule has 21 heavy (non-hydrogen) atoms. The van der Waals surface area contributed by atoms with Crippen LogP contribution in [0.15, 0.2) is 29.4 Å². The number of aryl methyl sites for hydroxylation is 3. The summed E-state index contributed by atoms with van der Waals surface area (Å²) in [5.41, 5.74) is 2.41. The van der Waals surface area contributed by atoms with Gasteiger partial charge in [-0.1, -0.05) is 0 Å². The third-order valence-electron chi connectivity index (χ3n) is 3.14. The van der Waals surface area contributed by atoms with Gasteiger partial charge in [0.1, 0.15) is 5.75 Å². The van der Waals surface area contributed by atoms with Crippen molar-refractivity contribution in [2.45, 2.75) is 25.2 Å². The predicted molar refractivity (Wildman–Crippen MR) is 81.4 cm³/mol. The van der Waals surface area contributed by atoms with Gasteiger partial charge >= 0.3 is 0 Å². The number of rotatable bonds is 5. The molecule has 7 heteroatoms. The van der Waals surface area contributed by atoms with Crippen molar-refractivity contribution in [2.75, 3.05) is 6.61 Å². The molecule has 5 nitrogen and oxygen atoms in total. The Bertz CT molecular complexity index is 754. The highest BCUT2D eigenvalue weighted by Gasteiger charge is 2.16. The summed E-state index contributed by atoms with van der Waals surface area (Å²) in [4.78, 5) is 0.126. The van der Waals surface area contributed by atoms with Gasteiger partial charge in [0.05, 0.1) is 17.7 Å². The average Bonchev–Trinajstić information content (AvgIpc) is 2.77. The van der Waals surface area contributed by atoms with E-state index in [-0.39, 0.29) is 4.90 Å². The van der Waals surface area contributed by atoms with Gasteiger partial charge in [0.2, 0.25) is 0 Å². The number of benzene rings is 1. The van der Waals surface area contributed by atoms with Crippen molar-refractivity contribution in [1.29, 1.82) is 0 Å². The summed E-state index contributed by atoms with van der Waals surface area (Å²) in [6.07, 6.45) is 4.47. The Morgan fingerprint density at radius 2 is 2.00 bits per heavy atom. The molecule has 2 aromatic rings. The lowest BCUT2D eigenvalue weighted by Crippen LogP contribution is -2.04. The van der Waals surface area contributed by atoms with Gasteiger partial charge in [-0.25, -0.2) is 8.42 Å². The largest absolute Gasteiger partial charge is 0.493 e. The Kier molecular flexibility index (Phi) is 4.58. The van der Waals surface area contributed by atoms with Crippen LogP contribution in [-0.2, 0) is 22.5 Å². The fraction of sp³-hybridized carbons (Fsp3) is 0.357. The van der Waals surface area contributed by atoms with E-state index in [9.17, 15) is 8.42 Å². The third-order valence-corrected chi connectivity index (χ3v) is 4.61. The highest BCUT2D eigenvalue weighted by atomic mass is 35.7. The molecule has 0 aliphatic heterocycles. The van der Waals surface area contributed by atoms with Gasteiger partial charge in [-0.05, 0) is 42.7 Å². The zero-order valence-electron chi connectivity index (χ0n) is 12.1. The molecule has 0 radical (unpaired) electrons. The highest BCUT2D eigenvalue weighted by Crippen LogP contribution is 2.27. The number of hydrogen-bond donors (Lipinski definition) is 0. The van der Waals surface area contributed by atoms with E-state index in [1.54, 1.807) is 30.8 Å². The van der Waals surface area contributed by atoms with Gasteiger partial charge in [0, 0.05) is 30.3 Å². The van der Waals surface area contributed by atoms with Crippen LogP contribution in [0.3, 0.4) is 0 Å². The number of ether oxygens (including phenoxy) is 1. The molecule has 0 fully saturated rings. The summed E-state index contributed by atoms with van der Waals surface area (Å²) >= 11 is 0. The van der Waals surface area contributed by atoms with Crippen LogP contribution in [-0.4, -0.2) is 24.8 Å². The van der Waals surface area contributed by atoms with E-state index < -0.39 is 9.05 Å². The Balaban J connectivity index is 2.09. The van der Waals surface area contributed by atoms with Gasteiger partial charge in [-0.15, -0.1) is 0 Å². The third kappa shape index (κ3) is 3.98. The van der Waals surface area contributed by atoms with E-state index in [1.807, 2.05) is 13.2 Å². The molecule has 1 aromatic carbocycles. The van der Waals surface area contributed by atoms with Crippen molar-refractivity contribution in [2.24, 2.45) is 7.05 Å². The Labute approximate surface area is 128 Å². The number of aromatic nitrogens is 2. The smallest absolute Gasteiger partial charge is 0.261 e. The Hall–Kier alpha value is -1.53. The summed E-state index contributed by atoms with van der Waals surface area (Å²) < 4.78 is 30.3. The summed E-state index contributed by atoms with van der Waals surface area (Å²) in [7, 11) is 3.53. The fourth-order valence-electron chi connectivity index (χ4n) is 2.06. The molecule has 0 amide bonds. The quantitative estimate of drug-likeness (QED) is 0.791. The molecule has 0 aliphatic rings. The fourth-order valence-corrected chi connectivity index (χ4v) is 3.32. The lowest BCUT2D eigenvalue weighted by molar-refractivity contribution is 0.319. The van der Waals surface area contributed by atoms with Gasteiger partial charge in [0.15, 0.2) is 0 Å². The minimum absolute atomic E-state index is 0.126. The van der Waals surface area contributed by atoms with Gasteiger partial charge in [-0.2, -0.15) is 5.10 Å². The lowest BCUT2D eigenvalue weighted by Gasteiger charge is -2.11. The first kappa shape index (κ1) is 15.9. The van der Waals surface area contributed by atoms with E-state index in [0.29, 0.717) is 17.9 Å². The van der Waals surface area contributed by atoms with Crippen LogP contribution in [0.25, 0.3) is 0 Å². The molecular formula is C14H17ClN2O3S. The molecule has 1 aromatic heterocycles. The van der Waals surface area contributed by atoms with Crippen molar-refractivity contribution < 1.29 is 13.2 Å². The summed E-state index contributed by atoms with van der Waals surface area (Å²) in [5.74, 6) is 0.667. The second-order valence-corrected chi connectivity index (χ2v) is 7.48. The standard InChI is InChI=1S/C14H17ClN2O3S/c1-10-7-14(21(15,18)19)11(2)6-13(10)20-5-4-12-8-16-17(3)9-12/h6-9H,4-5H2,1-3H3. The first-order valence-corrected chi connectivity index (χ1v) is 8.74. The molecule has 0 saturated heterocycles. The van der Waals surface area contributed by atoms with E-state index >= 15 is 0 Å². The summed E-state index contributed by atoms with van der Waals surface area (Å²) in [6, 6.07) is 3.24. The molecule has 0 atom stereocenters. The van der Waals surface area contributed by atoms with Gasteiger partial charge < -0.3 is 4.74 Å². The predicted octanol–water partition coefficient (Wildman–Crippen LogP) is 2.59. The Morgan fingerprint density at radius 1 is 1.29 bits per heavy atom. The molecule has 0 saturated carbocycles. The number of nitrogens with zero attached hydrogens (tertiary/aromatic N) is 2. The van der Waals surface area contributed by atoms with E-state index in [0.717, 1.165) is 17.5 Å². The average molecular weight is 329 g/mol. The van der Waals surface area contributed by atoms with Crippen molar-refractivity contribution in [3.05, 3.63) is 41.2 Å². The minimum atomic E-state index is -3.73. The van der Waals surface area contributed by atoms with E-state index in [1.165, 1.54) is 6.07 Å². The first-order chi connectivity index (χ1) is 9.77. The van der Waals surface area contributed by atoms with Crippen molar-refractivity contribution in [3.8, 4) is 5.75 Å². The monoisotopic (exact) mass is 328 g/mol. The molecule has 114 valence electrons. The molecular weight excluding hydrogens is 312 g/mol. The normalized spacial score (nSPS) is 11.6. The minimum Gasteiger partial charge on any atom is -0.493 e. The summed E-state index contributed by atoms with van der Waals surface area (Å²) in [5, 5.41) is 4.09. The molecule has 0 spiro atoms. The maximum absolute atomic E-state index is 11.4. The molecule has 1 heterocycles. The highest BCUT2D eigenvalue weighted by molar-refractivity contribution is 8.13. The van der Waals surface area contributed by atoms with E-state index in [4.69, 9.17) is 15.4 Å². The topological polar surface area (TPSA) is 61.2 Å². The molecule has 0 unspecified atom stereocenters. The molecule has 0 N–H and O–H groups in total. The zero-order valence-corrected chi connectivity index (χ0v) is 13.7. The van der Waals surface area contributed by atoms with Crippen LogP contribution >= 0.6 is 10.7 Å².